The first kappa shape index (κ1) is 38.8. The van der Waals surface area contributed by atoms with Crippen molar-refractivity contribution in [3.63, 3.8) is 0 Å². The van der Waals surface area contributed by atoms with Crippen molar-refractivity contribution in [2.75, 3.05) is 20.6 Å². The smallest absolute Gasteiger partial charge is 0.306 e. The highest BCUT2D eigenvalue weighted by atomic mass is 32.1. The summed E-state index contributed by atoms with van der Waals surface area (Å²) in [5.41, 5.74) is 1.05. The maximum Gasteiger partial charge on any atom is 0.306 e. The van der Waals surface area contributed by atoms with Gasteiger partial charge in [0, 0.05) is 30.9 Å². The highest BCUT2D eigenvalue weighted by molar-refractivity contribution is 7.11. The van der Waals surface area contributed by atoms with Crippen LogP contribution in [0.2, 0.25) is 0 Å². The van der Waals surface area contributed by atoms with E-state index < -0.39 is 35.9 Å². The predicted octanol–water partition coefficient (Wildman–Crippen LogP) is 4.67. The number of carbonyl (C=O) groups is 5. The van der Waals surface area contributed by atoms with E-state index in [0.717, 1.165) is 42.7 Å². The van der Waals surface area contributed by atoms with E-state index >= 15 is 0 Å². The van der Waals surface area contributed by atoms with Crippen LogP contribution in [0, 0.1) is 17.8 Å². The molecule has 1 aromatic carbocycles. The first-order valence-corrected chi connectivity index (χ1v) is 17.9. The molecule has 1 saturated heterocycles. The number of nitrogens with zero attached hydrogens (tertiary/aromatic N) is 3. The number of aromatic nitrogens is 1. The molecule has 11 nitrogen and oxygen atoms in total. The van der Waals surface area contributed by atoms with Gasteiger partial charge in [0.1, 0.15) is 11.7 Å². The highest BCUT2D eigenvalue weighted by Crippen LogP contribution is 2.23. The van der Waals surface area contributed by atoms with E-state index in [9.17, 15) is 29.1 Å². The van der Waals surface area contributed by atoms with Crippen molar-refractivity contribution in [3.05, 3.63) is 52.0 Å². The number of piperidine rings is 1. The monoisotopic (exact) mass is 683 g/mol. The number of likely N-dealkylation sites (N-methyl/N-ethyl adjacent to an activating group) is 2. The molecule has 2 aromatic rings. The van der Waals surface area contributed by atoms with E-state index in [-0.39, 0.29) is 59.0 Å². The van der Waals surface area contributed by atoms with Crippen LogP contribution in [0.5, 0.6) is 0 Å². The number of Topliss-reactive ketones (excluding diaryl/α,β-unsaturated/α-hetero) is 1. The lowest BCUT2D eigenvalue weighted by Crippen LogP contribution is -2.58. The van der Waals surface area contributed by atoms with E-state index in [0.29, 0.717) is 12.8 Å². The fraction of sp³-hybridized carbons (Fsp3) is 0.611. The molecule has 3 rings (SSSR count). The summed E-state index contributed by atoms with van der Waals surface area (Å²) in [6.07, 6.45) is 4.16. The molecular formula is C36H53N5O6S. The number of carboxylic acid groups (broad SMARTS) is 1. The fourth-order valence-corrected chi connectivity index (χ4v) is 6.95. The second-order valence-electron chi connectivity index (χ2n) is 13.6. The minimum atomic E-state index is -0.943. The van der Waals surface area contributed by atoms with Crippen LogP contribution >= 0.6 is 11.3 Å². The van der Waals surface area contributed by atoms with E-state index in [1.54, 1.807) is 18.9 Å². The van der Waals surface area contributed by atoms with E-state index in [1.807, 2.05) is 70.0 Å². The first-order valence-electron chi connectivity index (χ1n) is 17.1. The quantitative estimate of drug-likeness (QED) is 0.204. The fourth-order valence-electron chi connectivity index (χ4n) is 6.20. The number of amides is 3. The van der Waals surface area contributed by atoms with Gasteiger partial charge >= 0.3 is 5.97 Å². The predicted molar refractivity (Wildman–Crippen MR) is 187 cm³/mol. The molecule has 0 radical (unpaired) electrons. The number of hydrogen-bond donors (Lipinski definition) is 3. The number of ketones is 1. The maximum absolute atomic E-state index is 13.9. The van der Waals surface area contributed by atoms with Crippen LogP contribution in [0.3, 0.4) is 0 Å². The Morgan fingerprint density at radius 3 is 2.35 bits per heavy atom. The van der Waals surface area contributed by atoms with Crippen molar-refractivity contribution in [2.24, 2.45) is 17.8 Å². The summed E-state index contributed by atoms with van der Waals surface area (Å²) < 4.78 is 0. The molecule has 1 aromatic heterocycles. The lowest BCUT2D eigenvalue weighted by Gasteiger charge is -2.37. The van der Waals surface area contributed by atoms with Crippen LogP contribution in [0.1, 0.15) is 99.0 Å². The van der Waals surface area contributed by atoms with Crippen molar-refractivity contribution in [1.82, 2.24) is 25.4 Å². The molecule has 0 spiro atoms. The summed E-state index contributed by atoms with van der Waals surface area (Å²) in [7, 11) is 3.62. The standard InChI is InChI=1S/C36H53N5O6S/c1-8-23(4)31(39-33(44)28-16-12-13-17-40(28)6)35(45)41(7)29(22(2)3)20-30(42)34-38-27(21-48-34)32(43)37-26(18-24(5)36(46)47)19-25-14-10-9-11-15-25/h9-11,14-15,21-24,26,28-29,31H,8,12-13,16-20H2,1-7H3,(H,37,43)(H,39,44)(H,46,47)/t23-,24-,26+,28+,29?,31-/m0/s1. The van der Waals surface area contributed by atoms with Crippen molar-refractivity contribution < 1.29 is 29.1 Å². The Balaban J connectivity index is 1.71. The summed E-state index contributed by atoms with van der Waals surface area (Å²) in [6.45, 7) is 10.3. The van der Waals surface area contributed by atoms with Gasteiger partial charge < -0.3 is 20.6 Å². The normalized spacial score (nSPS) is 18.3. The zero-order chi connectivity index (χ0) is 35.5. The van der Waals surface area contributed by atoms with Crippen LogP contribution in [-0.4, -0.2) is 94.2 Å². The van der Waals surface area contributed by atoms with Gasteiger partial charge in [0.2, 0.25) is 11.8 Å². The summed E-state index contributed by atoms with van der Waals surface area (Å²) in [5.74, 6) is -2.93. The number of hydrogen-bond acceptors (Lipinski definition) is 8. The van der Waals surface area contributed by atoms with E-state index in [2.05, 4.69) is 15.6 Å². The number of benzene rings is 1. The Morgan fingerprint density at radius 1 is 1.06 bits per heavy atom. The molecule has 6 atom stereocenters. The summed E-state index contributed by atoms with van der Waals surface area (Å²) in [4.78, 5) is 73.5. The maximum atomic E-state index is 13.9. The summed E-state index contributed by atoms with van der Waals surface area (Å²) in [5, 5.41) is 17.1. The lowest BCUT2D eigenvalue weighted by atomic mass is 9.93. The summed E-state index contributed by atoms with van der Waals surface area (Å²) in [6, 6.07) is 7.62. The molecule has 12 heteroatoms. The van der Waals surface area contributed by atoms with Gasteiger partial charge in [-0.3, -0.25) is 28.9 Å². The van der Waals surface area contributed by atoms with Gasteiger partial charge in [0.05, 0.1) is 12.0 Å². The molecule has 264 valence electrons. The number of aliphatic carboxylic acids is 1. The average Bonchev–Trinajstić information content (AvgIpc) is 3.56. The Kier molecular flexibility index (Phi) is 14.7. The van der Waals surface area contributed by atoms with Gasteiger partial charge in [-0.05, 0) is 56.7 Å². The largest absolute Gasteiger partial charge is 0.481 e. The second kappa shape index (κ2) is 18.2. The molecule has 3 N–H and O–H groups in total. The highest BCUT2D eigenvalue weighted by Gasteiger charge is 2.36. The number of nitrogens with one attached hydrogen (secondary N) is 2. The molecule has 2 heterocycles. The number of thiazole rings is 1. The molecule has 1 unspecified atom stereocenters. The second-order valence-corrected chi connectivity index (χ2v) is 14.5. The van der Waals surface area contributed by atoms with Crippen molar-refractivity contribution in [3.8, 4) is 0 Å². The van der Waals surface area contributed by atoms with Gasteiger partial charge in [-0.2, -0.15) is 0 Å². The molecule has 1 aliphatic rings. The molecular weight excluding hydrogens is 630 g/mol. The third-order valence-electron chi connectivity index (χ3n) is 9.55. The Morgan fingerprint density at radius 2 is 1.75 bits per heavy atom. The van der Waals surface area contributed by atoms with Crippen LogP contribution in [0.25, 0.3) is 0 Å². The first-order chi connectivity index (χ1) is 22.7. The van der Waals surface area contributed by atoms with Gasteiger partial charge in [-0.1, -0.05) is 77.8 Å². The Labute approximate surface area is 288 Å². The molecule has 0 aliphatic carbocycles. The number of carbonyl (C=O) groups excluding carboxylic acids is 4. The topological polar surface area (TPSA) is 149 Å². The van der Waals surface area contributed by atoms with Gasteiger partial charge in [0.25, 0.3) is 5.91 Å². The van der Waals surface area contributed by atoms with Gasteiger partial charge in [0.15, 0.2) is 10.8 Å². The lowest BCUT2D eigenvalue weighted by molar-refractivity contribution is -0.141. The molecule has 48 heavy (non-hydrogen) atoms. The summed E-state index contributed by atoms with van der Waals surface area (Å²) >= 11 is 1.07. The minimum Gasteiger partial charge on any atom is -0.481 e. The van der Waals surface area contributed by atoms with E-state index in [1.165, 1.54) is 5.38 Å². The molecule has 1 fully saturated rings. The third-order valence-corrected chi connectivity index (χ3v) is 10.4. The van der Waals surface area contributed by atoms with Crippen molar-refractivity contribution in [1.29, 1.82) is 0 Å². The minimum absolute atomic E-state index is 0.00771. The van der Waals surface area contributed by atoms with Crippen LogP contribution < -0.4 is 10.6 Å². The zero-order valence-electron chi connectivity index (χ0n) is 29.4. The van der Waals surface area contributed by atoms with Crippen LogP contribution in [0.4, 0.5) is 0 Å². The van der Waals surface area contributed by atoms with E-state index in [4.69, 9.17) is 0 Å². The number of likely N-dealkylation sites (tertiary alicyclic amines) is 1. The van der Waals surface area contributed by atoms with Gasteiger partial charge in [-0.15, -0.1) is 11.3 Å². The SMILES string of the molecule is CC[C@H](C)[C@H](NC(=O)[C@H]1CCCCN1C)C(=O)N(C)C(CC(=O)c1nc(C(=O)N[C@@H](Cc2ccccc2)C[C@H](C)C(=O)O)cs1)C(C)C. The van der Waals surface area contributed by atoms with Crippen molar-refractivity contribution in [2.45, 2.75) is 104 Å². The third kappa shape index (κ3) is 10.7. The number of rotatable bonds is 17. The van der Waals surface area contributed by atoms with Crippen LogP contribution in [-0.2, 0) is 20.8 Å². The van der Waals surface area contributed by atoms with Gasteiger partial charge in [-0.25, -0.2) is 4.98 Å². The molecule has 0 saturated carbocycles. The molecule has 0 bridgehead atoms. The van der Waals surface area contributed by atoms with Crippen molar-refractivity contribution >= 4 is 40.8 Å². The molecule has 3 amide bonds. The van der Waals surface area contributed by atoms with Crippen LogP contribution in [0.15, 0.2) is 35.7 Å². The Hall–Kier alpha value is -3.64. The average molecular weight is 684 g/mol. The molecule has 1 aliphatic heterocycles. The zero-order valence-corrected chi connectivity index (χ0v) is 30.2. The Bertz CT molecular complexity index is 1400. The number of carboxylic acids is 1.